The van der Waals surface area contributed by atoms with E-state index in [4.69, 9.17) is 9.15 Å². The van der Waals surface area contributed by atoms with Crippen molar-refractivity contribution in [2.24, 2.45) is 0 Å². The molecule has 0 radical (unpaired) electrons. The van der Waals surface area contributed by atoms with E-state index >= 15 is 0 Å². The van der Waals surface area contributed by atoms with Crippen LogP contribution in [-0.2, 0) is 16.1 Å². The van der Waals surface area contributed by atoms with Gasteiger partial charge in [0.15, 0.2) is 0 Å². The SMILES string of the molecule is O=C(NCc1ccco1)c1ccc2ncc(NCC(=O)N3CCOCC3)c(=O)n2c1. The first-order valence-electron chi connectivity index (χ1n) is 9.53. The van der Waals surface area contributed by atoms with Gasteiger partial charge in [0.05, 0.1) is 44.3 Å². The van der Waals surface area contributed by atoms with Gasteiger partial charge in [-0.3, -0.25) is 18.8 Å². The molecule has 0 unspecified atom stereocenters. The normalized spacial score (nSPS) is 13.9. The summed E-state index contributed by atoms with van der Waals surface area (Å²) < 4.78 is 11.7. The minimum Gasteiger partial charge on any atom is -0.467 e. The van der Waals surface area contributed by atoms with Crippen LogP contribution in [-0.4, -0.2) is 58.9 Å². The molecule has 0 aromatic carbocycles. The first kappa shape index (κ1) is 19.6. The standard InChI is InChI=1S/C20H21N5O5/c26-18(24-5-8-29-9-6-24)12-21-16-11-22-17-4-3-14(13-25(17)20(16)28)19(27)23-10-15-2-1-7-30-15/h1-4,7,11,13,21H,5-6,8-10,12H2,(H,23,27). The summed E-state index contributed by atoms with van der Waals surface area (Å²) in [4.78, 5) is 43.4. The molecule has 2 amide bonds. The third-order valence-corrected chi connectivity index (χ3v) is 4.76. The number of carbonyl (C=O) groups excluding carboxylic acids is 2. The van der Waals surface area contributed by atoms with Crippen LogP contribution in [0.3, 0.4) is 0 Å². The lowest BCUT2D eigenvalue weighted by atomic mass is 10.2. The van der Waals surface area contributed by atoms with Crippen molar-refractivity contribution in [2.45, 2.75) is 6.54 Å². The van der Waals surface area contributed by atoms with Crippen LogP contribution in [0.25, 0.3) is 5.65 Å². The topological polar surface area (TPSA) is 118 Å². The fraction of sp³-hybridized carbons (Fsp3) is 0.300. The summed E-state index contributed by atoms with van der Waals surface area (Å²) in [7, 11) is 0. The zero-order valence-electron chi connectivity index (χ0n) is 16.2. The van der Waals surface area contributed by atoms with Crippen LogP contribution in [0.4, 0.5) is 5.69 Å². The summed E-state index contributed by atoms with van der Waals surface area (Å²) in [6.07, 6.45) is 4.35. The van der Waals surface area contributed by atoms with Gasteiger partial charge in [-0.2, -0.15) is 0 Å². The first-order valence-corrected chi connectivity index (χ1v) is 9.53. The van der Waals surface area contributed by atoms with Gasteiger partial charge in [0, 0.05) is 19.3 Å². The van der Waals surface area contributed by atoms with Gasteiger partial charge in [0.1, 0.15) is 17.1 Å². The van der Waals surface area contributed by atoms with E-state index in [1.54, 1.807) is 29.2 Å². The van der Waals surface area contributed by atoms with Crippen LogP contribution >= 0.6 is 0 Å². The van der Waals surface area contributed by atoms with Crippen molar-refractivity contribution >= 4 is 23.1 Å². The molecule has 10 nitrogen and oxygen atoms in total. The van der Waals surface area contributed by atoms with Crippen LogP contribution in [0.2, 0.25) is 0 Å². The second kappa shape index (κ2) is 8.78. The van der Waals surface area contributed by atoms with Gasteiger partial charge in [0.2, 0.25) is 5.91 Å². The zero-order chi connectivity index (χ0) is 20.9. The van der Waals surface area contributed by atoms with E-state index < -0.39 is 5.56 Å². The maximum absolute atomic E-state index is 12.8. The highest BCUT2D eigenvalue weighted by molar-refractivity contribution is 5.94. The molecule has 3 aromatic rings. The minimum absolute atomic E-state index is 0.0215. The lowest BCUT2D eigenvalue weighted by molar-refractivity contribution is -0.133. The number of rotatable bonds is 6. The average molecular weight is 411 g/mol. The van der Waals surface area contributed by atoms with E-state index in [-0.39, 0.29) is 30.6 Å². The highest BCUT2D eigenvalue weighted by Crippen LogP contribution is 2.07. The molecule has 4 heterocycles. The number of hydrogen-bond donors (Lipinski definition) is 2. The number of amides is 2. The third-order valence-electron chi connectivity index (χ3n) is 4.76. The quantitative estimate of drug-likeness (QED) is 0.606. The molecule has 0 atom stereocenters. The Labute approximate surface area is 171 Å². The number of morpholine rings is 1. The number of anilines is 1. The molecule has 0 saturated carbocycles. The zero-order valence-corrected chi connectivity index (χ0v) is 16.2. The summed E-state index contributed by atoms with van der Waals surface area (Å²) in [6, 6.07) is 6.67. The van der Waals surface area contributed by atoms with Gasteiger partial charge in [-0.05, 0) is 24.3 Å². The van der Waals surface area contributed by atoms with E-state index in [0.29, 0.717) is 43.3 Å². The van der Waals surface area contributed by atoms with Crippen LogP contribution in [0.5, 0.6) is 0 Å². The van der Waals surface area contributed by atoms with Gasteiger partial charge < -0.3 is 24.7 Å². The van der Waals surface area contributed by atoms with Gasteiger partial charge in [-0.15, -0.1) is 0 Å². The summed E-state index contributed by atoms with van der Waals surface area (Å²) in [5, 5.41) is 5.59. The number of carbonyl (C=O) groups is 2. The van der Waals surface area contributed by atoms with Crippen molar-refractivity contribution in [3.63, 3.8) is 0 Å². The second-order valence-corrected chi connectivity index (χ2v) is 6.73. The van der Waals surface area contributed by atoms with Crippen LogP contribution in [0.1, 0.15) is 16.1 Å². The maximum atomic E-state index is 12.8. The molecule has 3 aromatic heterocycles. The molecule has 0 aliphatic carbocycles. The van der Waals surface area contributed by atoms with Crippen LogP contribution in [0, 0.1) is 0 Å². The average Bonchev–Trinajstić information content (AvgIpc) is 3.31. The van der Waals surface area contributed by atoms with Crippen molar-refractivity contribution in [3.05, 3.63) is 64.6 Å². The number of aromatic nitrogens is 2. The molecular formula is C20H21N5O5. The number of furan rings is 1. The number of hydrogen-bond acceptors (Lipinski definition) is 7. The number of ether oxygens (including phenoxy) is 1. The minimum atomic E-state index is -0.393. The van der Waals surface area contributed by atoms with Crippen molar-refractivity contribution in [1.82, 2.24) is 19.6 Å². The Hall–Kier alpha value is -3.66. The predicted molar refractivity (Wildman–Crippen MR) is 107 cm³/mol. The largest absolute Gasteiger partial charge is 0.467 e. The number of fused-ring (bicyclic) bond motifs is 1. The molecule has 4 rings (SSSR count). The number of nitrogens with zero attached hydrogens (tertiary/aromatic N) is 3. The maximum Gasteiger partial charge on any atom is 0.281 e. The lowest BCUT2D eigenvalue weighted by Gasteiger charge is -2.26. The Balaban J connectivity index is 1.47. The van der Waals surface area contributed by atoms with Crippen molar-refractivity contribution in [2.75, 3.05) is 38.2 Å². The molecule has 30 heavy (non-hydrogen) atoms. The molecule has 1 fully saturated rings. The predicted octanol–water partition coefficient (Wildman–Crippen LogP) is 0.488. The van der Waals surface area contributed by atoms with Crippen LogP contribution in [0.15, 0.2) is 52.1 Å². The van der Waals surface area contributed by atoms with Gasteiger partial charge in [-0.25, -0.2) is 4.98 Å². The fourth-order valence-electron chi connectivity index (χ4n) is 3.11. The Morgan fingerprint density at radius 3 is 2.77 bits per heavy atom. The molecule has 2 N–H and O–H groups in total. The van der Waals surface area contributed by atoms with E-state index in [9.17, 15) is 14.4 Å². The highest BCUT2D eigenvalue weighted by Gasteiger charge is 2.17. The summed E-state index contributed by atoms with van der Waals surface area (Å²) in [5.74, 6) is 0.161. The van der Waals surface area contributed by atoms with Crippen LogP contribution < -0.4 is 16.2 Å². The molecule has 10 heteroatoms. The Bertz CT molecular complexity index is 1100. The van der Waals surface area contributed by atoms with E-state index in [0.717, 1.165) is 0 Å². The summed E-state index contributed by atoms with van der Waals surface area (Å²) >= 11 is 0. The smallest absolute Gasteiger partial charge is 0.281 e. The van der Waals surface area contributed by atoms with Crippen molar-refractivity contribution < 1.29 is 18.7 Å². The van der Waals surface area contributed by atoms with Gasteiger partial charge in [-0.1, -0.05) is 0 Å². The third kappa shape index (κ3) is 4.33. The first-order chi connectivity index (χ1) is 14.6. The monoisotopic (exact) mass is 411 g/mol. The molecule has 156 valence electrons. The van der Waals surface area contributed by atoms with Gasteiger partial charge in [0.25, 0.3) is 11.5 Å². The Kier molecular flexibility index (Phi) is 5.75. The van der Waals surface area contributed by atoms with E-state index in [2.05, 4.69) is 15.6 Å². The van der Waals surface area contributed by atoms with E-state index in [1.807, 2.05) is 0 Å². The van der Waals surface area contributed by atoms with E-state index in [1.165, 1.54) is 23.1 Å². The van der Waals surface area contributed by atoms with Crippen molar-refractivity contribution in [1.29, 1.82) is 0 Å². The molecule has 0 spiro atoms. The number of pyridine rings is 1. The van der Waals surface area contributed by atoms with Crippen molar-refractivity contribution in [3.8, 4) is 0 Å². The summed E-state index contributed by atoms with van der Waals surface area (Å²) in [6.45, 7) is 2.31. The Morgan fingerprint density at radius 1 is 1.17 bits per heavy atom. The molecule has 1 saturated heterocycles. The lowest BCUT2D eigenvalue weighted by Crippen LogP contribution is -2.43. The second-order valence-electron chi connectivity index (χ2n) is 6.73. The number of nitrogens with one attached hydrogen (secondary N) is 2. The van der Waals surface area contributed by atoms with Gasteiger partial charge >= 0.3 is 0 Å². The molecular weight excluding hydrogens is 390 g/mol. The Morgan fingerprint density at radius 2 is 2.00 bits per heavy atom. The summed E-state index contributed by atoms with van der Waals surface area (Å²) in [5.41, 5.74) is 0.491. The fourth-order valence-corrected chi connectivity index (χ4v) is 3.11. The highest BCUT2D eigenvalue weighted by atomic mass is 16.5. The molecule has 1 aliphatic rings. The molecule has 0 bridgehead atoms. The molecule has 1 aliphatic heterocycles.